The molecule has 1 saturated carbocycles. The fourth-order valence-corrected chi connectivity index (χ4v) is 3.13. The molecule has 2 aliphatic rings. The summed E-state index contributed by atoms with van der Waals surface area (Å²) in [6.45, 7) is 3.91. The van der Waals surface area contributed by atoms with E-state index in [1.807, 2.05) is 11.8 Å². The van der Waals surface area contributed by atoms with Crippen LogP contribution in [-0.2, 0) is 14.3 Å². The molecule has 2 rings (SSSR count). The number of nitrogens with one attached hydrogen (secondary N) is 1. The van der Waals surface area contributed by atoms with E-state index in [1.54, 1.807) is 0 Å². The first-order valence-electron chi connectivity index (χ1n) is 7.88. The summed E-state index contributed by atoms with van der Waals surface area (Å²) in [6, 6.07) is 0.504. The van der Waals surface area contributed by atoms with Crippen LogP contribution in [0.1, 0.15) is 45.4 Å². The van der Waals surface area contributed by atoms with Gasteiger partial charge in [-0.1, -0.05) is 12.8 Å². The third-order valence-electron chi connectivity index (χ3n) is 4.29. The van der Waals surface area contributed by atoms with E-state index in [2.05, 4.69) is 5.32 Å². The molecule has 0 aromatic carbocycles. The van der Waals surface area contributed by atoms with Crippen molar-refractivity contribution in [1.29, 1.82) is 0 Å². The molecular formula is C15H26N2O3. The summed E-state index contributed by atoms with van der Waals surface area (Å²) >= 11 is 0. The standard InChI is InChI=1S/C15H26N2O3/c1-2-20-15(19)12-6-5-9-17(11-12)14(18)10-16-13-7-3-4-8-13/h12-13,16H,2-11H2,1H3. The second-order valence-corrected chi connectivity index (χ2v) is 5.79. The highest BCUT2D eigenvalue weighted by Gasteiger charge is 2.29. The highest BCUT2D eigenvalue weighted by molar-refractivity contribution is 5.80. The molecule has 5 heteroatoms. The lowest BCUT2D eigenvalue weighted by atomic mass is 9.98. The van der Waals surface area contributed by atoms with Gasteiger partial charge in [0.1, 0.15) is 0 Å². The van der Waals surface area contributed by atoms with Gasteiger partial charge in [-0.15, -0.1) is 0 Å². The normalized spacial score (nSPS) is 23.9. The highest BCUT2D eigenvalue weighted by atomic mass is 16.5. The third kappa shape index (κ3) is 4.20. The number of carbonyl (C=O) groups is 2. The van der Waals surface area contributed by atoms with Gasteiger partial charge in [0.25, 0.3) is 0 Å². The molecular weight excluding hydrogens is 256 g/mol. The molecule has 0 aromatic rings. The van der Waals surface area contributed by atoms with Crippen molar-refractivity contribution in [1.82, 2.24) is 10.2 Å². The zero-order chi connectivity index (χ0) is 14.4. The van der Waals surface area contributed by atoms with Crippen molar-refractivity contribution in [2.75, 3.05) is 26.2 Å². The van der Waals surface area contributed by atoms with Crippen LogP contribution < -0.4 is 5.32 Å². The fraction of sp³-hybridized carbons (Fsp3) is 0.867. The molecule has 1 amide bonds. The monoisotopic (exact) mass is 282 g/mol. The van der Waals surface area contributed by atoms with Gasteiger partial charge in [0.2, 0.25) is 5.91 Å². The number of esters is 1. The summed E-state index contributed by atoms with van der Waals surface area (Å²) in [5.74, 6) is -0.182. The fourth-order valence-electron chi connectivity index (χ4n) is 3.13. The lowest BCUT2D eigenvalue weighted by molar-refractivity contribution is -0.151. The van der Waals surface area contributed by atoms with E-state index >= 15 is 0 Å². The summed E-state index contributed by atoms with van der Waals surface area (Å²) in [6.07, 6.45) is 6.61. The molecule has 0 spiro atoms. The Kier molecular flexibility index (Phi) is 5.83. The Balaban J connectivity index is 1.75. The van der Waals surface area contributed by atoms with E-state index in [1.165, 1.54) is 25.7 Å². The summed E-state index contributed by atoms with van der Waals surface area (Å²) in [4.78, 5) is 25.8. The molecule has 1 atom stereocenters. The molecule has 0 radical (unpaired) electrons. The van der Waals surface area contributed by atoms with Crippen LogP contribution in [0, 0.1) is 5.92 Å². The minimum Gasteiger partial charge on any atom is -0.466 e. The molecule has 1 aliphatic carbocycles. The first-order valence-corrected chi connectivity index (χ1v) is 7.88. The number of ether oxygens (including phenoxy) is 1. The molecule has 1 heterocycles. The lowest BCUT2D eigenvalue weighted by Crippen LogP contribution is -2.47. The van der Waals surface area contributed by atoms with E-state index in [4.69, 9.17) is 4.74 Å². The van der Waals surface area contributed by atoms with Crippen molar-refractivity contribution in [2.24, 2.45) is 5.92 Å². The van der Waals surface area contributed by atoms with Crippen molar-refractivity contribution in [3.8, 4) is 0 Å². The second-order valence-electron chi connectivity index (χ2n) is 5.79. The summed E-state index contributed by atoms with van der Waals surface area (Å²) < 4.78 is 5.06. The number of carbonyl (C=O) groups excluding carboxylic acids is 2. The Morgan fingerprint density at radius 2 is 1.95 bits per heavy atom. The molecule has 20 heavy (non-hydrogen) atoms. The predicted molar refractivity (Wildman–Crippen MR) is 76.2 cm³/mol. The molecule has 1 aliphatic heterocycles. The van der Waals surface area contributed by atoms with Crippen LogP contribution >= 0.6 is 0 Å². The number of likely N-dealkylation sites (tertiary alicyclic amines) is 1. The molecule has 114 valence electrons. The van der Waals surface area contributed by atoms with Gasteiger partial charge in [0.15, 0.2) is 0 Å². The average Bonchev–Trinajstić information content (AvgIpc) is 2.98. The predicted octanol–water partition coefficient (Wildman–Crippen LogP) is 1.32. The van der Waals surface area contributed by atoms with Crippen LogP contribution in [0.25, 0.3) is 0 Å². The Bertz CT molecular complexity index is 340. The summed E-state index contributed by atoms with van der Waals surface area (Å²) in [7, 11) is 0. The van der Waals surface area contributed by atoms with E-state index in [-0.39, 0.29) is 17.8 Å². The zero-order valence-corrected chi connectivity index (χ0v) is 12.4. The van der Waals surface area contributed by atoms with Crippen molar-refractivity contribution in [3.63, 3.8) is 0 Å². The van der Waals surface area contributed by atoms with Crippen molar-refractivity contribution in [3.05, 3.63) is 0 Å². The van der Waals surface area contributed by atoms with Crippen molar-refractivity contribution >= 4 is 11.9 Å². The maximum atomic E-state index is 12.2. The van der Waals surface area contributed by atoms with Crippen LogP contribution in [-0.4, -0.2) is 49.1 Å². The topological polar surface area (TPSA) is 58.6 Å². The first-order chi connectivity index (χ1) is 9.70. The number of amides is 1. The molecule has 5 nitrogen and oxygen atoms in total. The Labute approximate surface area is 121 Å². The van der Waals surface area contributed by atoms with E-state index in [9.17, 15) is 9.59 Å². The molecule has 1 saturated heterocycles. The maximum Gasteiger partial charge on any atom is 0.310 e. The van der Waals surface area contributed by atoms with E-state index < -0.39 is 0 Å². The highest BCUT2D eigenvalue weighted by Crippen LogP contribution is 2.19. The smallest absolute Gasteiger partial charge is 0.310 e. The van der Waals surface area contributed by atoms with Gasteiger partial charge in [-0.2, -0.15) is 0 Å². The third-order valence-corrected chi connectivity index (χ3v) is 4.29. The van der Waals surface area contributed by atoms with Crippen LogP contribution in [0.2, 0.25) is 0 Å². The average molecular weight is 282 g/mol. The van der Waals surface area contributed by atoms with Gasteiger partial charge < -0.3 is 15.0 Å². The van der Waals surface area contributed by atoms with Crippen LogP contribution in [0.5, 0.6) is 0 Å². The van der Waals surface area contributed by atoms with Gasteiger partial charge in [-0.25, -0.2) is 0 Å². The lowest BCUT2D eigenvalue weighted by Gasteiger charge is -2.32. The Hall–Kier alpha value is -1.10. The Morgan fingerprint density at radius 3 is 2.65 bits per heavy atom. The van der Waals surface area contributed by atoms with Crippen molar-refractivity contribution in [2.45, 2.75) is 51.5 Å². The molecule has 0 aromatic heterocycles. The van der Waals surface area contributed by atoms with Crippen LogP contribution in [0.3, 0.4) is 0 Å². The molecule has 1 unspecified atom stereocenters. The minimum atomic E-state index is -0.159. The largest absolute Gasteiger partial charge is 0.466 e. The van der Waals surface area contributed by atoms with Gasteiger partial charge in [0.05, 0.1) is 19.1 Å². The van der Waals surface area contributed by atoms with Gasteiger partial charge in [-0.05, 0) is 32.6 Å². The molecule has 2 fully saturated rings. The number of hydrogen-bond acceptors (Lipinski definition) is 4. The number of rotatable bonds is 5. The number of nitrogens with zero attached hydrogens (tertiary/aromatic N) is 1. The van der Waals surface area contributed by atoms with Gasteiger partial charge >= 0.3 is 5.97 Å². The van der Waals surface area contributed by atoms with E-state index in [0.29, 0.717) is 25.7 Å². The number of hydrogen-bond donors (Lipinski definition) is 1. The molecule has 1 N–H and O–H groups in total. The zero-order valence-electron chi connectivity index (χ0n) is 12.4. The second kappa shape index (κ2) is 7.62. The maximum absolute atomic E-state index is 12.2. The Morgan fingerprint density at radius 1 is 1.20 bits per heavy atom. The van der Waals surface area contributed by atoms with Crippen molar-refractivity contribution < 1.29 is 14.3 Å². The summed E-state index contributed by atoms with van der Waals surface area (Å²) in [5.41, 5.74) is 0. The SMILES string of the molecule is CCOC(=O)C1CCCN(C(=O)CNC2CCCC2)C1. The minimum absolute atomic E-state index is 0.117. The quantitative estimate of drug-likeness (QED) is 0.773. The summed E-state index contributed by atoms with van der Waals surface area (Å²) in [5, 5.41) is 3.34. The van der Waals surface area contributed by atoms with Crippen LogP contribution in [0.4, 0.5) is 0 Å². The number of piperidine rings is 1. The first kappa shape index (κ1) is 15.3. The van der Waals surface area contributed by atoms with E-state index in [0.717, 1.165) is 19.4 Å². The van der Waals surface area contributed by atoms with Crippen LogP contribution in [0.15, 0.2) is 0 Å². The van der Waals surface area contributed by atoms with Gasteiger partial charge in [0, 0.05) is 19.1 Å². The molecule has 0 bridgehead atoms. The van der Waals surface area contributed by atoms with Gasteiger partial charge in [-0.3, -0.25) is 9.59 Å².